The molecule has 0 aliphatic carbocycles. The fourth-order valence-electron chi connectivity index (χ4n) is 2.13. The Morgan fingerprint density at radius 2 is 2.00 bits per heavy atom. The van der Waals surface area contributed by atoms with E-state index in [9.17, 15) is 24.8 Å². The zero-order valence-electron chi connectivity index (χ0n) is 13.3. The van der Waals surface area contributed by atoms with Crippen LogP contribution in [0.5, 0.6) is 5.75 Å². The highest BCUT2D eigenvalue weighted by Crippen LogP contribution is 2.24. The van der Waals surface area contributed by atoms with Crippen molar-refractivity contribution < 1.29 is 24.4 Å². The fraction of sp³-hybridized carbons (Fsp3) is 0.111. The summed E-state index contributed by atoms with van der Waals surface area (Å²) < 4.78 is 4.90. The molecule has 2 aromatic rings. The minimum absolute atomic E-state index is 0.220. The Hall–Kier alpha value is -3.48. The first kappa shape index (κ1) is 17.9. The van der Waals surface area contributed by atoms with Crippen LogP contribution in [0.3, 0.4) is 0 Å². The van der Waals surface area contributed by atoms with Crippen molar-refractivity contribution in [3.8, 4) is 5.75 Å². The van der Waals surface area contributed by atoms with Gasteiger partial charge in [0.1, 0.15) is 11.3 Å². The molecule has 2 aromatic carbocycles. The number of ketones is 1. The number of nitrogens with zero attached hydrogens (tertiary/aromatic N) is 1. The number of carbonyl (C=O) groups is 2. The molecule has 0 unspecified atom stereocenters. The fourth-order valence-corrected chi connectivity index (χ4v) is 2.13. The van der Waals surface area contributed by atoms with Gasteiger partial charge in [-0.25, -0.2) is 4.79 Å². The number of nitro benzene ring substituents is 1. The third-order valence-corrected chi connectivity index (χ3v) is 3.27. The topological polar surface area (TPSA) is 107 Å². The molecule has 0 amide bonds. The van der Waals surface area contributed by atoms with Gasteiger partial charge in [-0.15, -0.1) is 0 Å². The van der Waals surface area contributed by atoms with Crippen molar-refractivity contribution in [1.82, 2.24) is 0 Å². The summed E-state index contributed by atoms with van der Waals surface area (Å²) in [6.07, 6.45) is 2.57. The van der Waals surface area contributed by atoms with Crippen molar-refractivity contribution in [3.63, 3.8) is 0 Å². The van der Waals surface area contributed by atoms with Crippen molar-refractivity contribution in [1.29, 1.82) is 0 Å². The van der Waals surface area contributed by atoms with E-state index in [1.165, 1.54) is 6.08 Å². The van der Waals surface area contributed by atoms with Gasteiger partial charge in [0.25, 0.3) is 5.69 Å². The second-order valence-corrected chi connectivity index (χ2v) is 5.00. The van der Waals surface area contributed by atoms with Crippen LogP contribution in [-0.2, 0) is 4.74 Å². The van der Waals surface area contributed by atoms with Crippen LogP contribution in [-0.4, -0.2) is 28.4 Å². The average Bonchev–Trinajstić information content (AvgIpc) is 2.59. The monoisotopic (exact) mass is 341 g/mol. The van der Waals surface area contributed by atoms with Gasteiger partial charge in [-0.3, -0.25) is 14.9 Å². The Balaban J connectivity index is 2.27. The molecule has 7 nitrogen and oxygen atoms in total. The largest absolute Gasteiger partial charge is 0.508 e. The molecule has 0 radical (unpaired) electrons. The van der Waals surface area contributed by atoms with E-state index in [4.69, 9.17) is 4.74 Å². The molecule has 2 rings (SSSR count). The summed E-state index contributed by atoms with van der Waals surface area (Å²) in [6.45, 7) is 1.95. The molecular weight excluding hydrogens is 326 g/mol. The van der Waals surface area contributed by atoms with Gasteiger partial charge >= 0.3 is 5.97 Å². The van der Waals surface area contributed by atoms with E-state index >= 15 is 0 Å². The number of phenols is 1. The maximum Gasteiger partial charge on any atom is 0.338 e. The molecule has 0 bridgehead atoms. The number of hydrogen-bond donors (Lipinski definition) is 1. The van der Waals surface area contributed by atoms with E-state index in [1.807, 2.05) is 0 Å². The van der Waals surface area contributed by atoms with E-state index in [2.05, 4.69) is 0 Å². The lowest BCUT2D eigenvalue weighted by Crippen LogP contribution is -2.04. The molecule has 0 fully saturated rings. The van der Waals surface area contributed by atoms with E-state index in [1.54, 1.807) is 31.2 Å². The summed E-state index contributed by atoms with van der Waals surface area (Å²) in [7, 11) is 0. The molecule has 0 aromatic heterocycles. The van der Waals surface area contributed by atoms with Gasteiger partial charge in [0.05, 0.1) is 17.1 Å². The van der Waals surface area contributed by atoms with Crippen LogP contribution < -0.4 is 0 Å². The molecule has 1 N–H and O–H groups in total. The average molecular weight is 341 g/mol. The number of rotatable bonds is 6. The minimum Gasteiger partial charge on any atom is -0.508 e. The van der Waals surface area contributed by atoms with Crippen LogP contribution in [0.25, 0.3) is 6.08 Å². The Morgan fingerprint density at radius 3 is 2.68 bits per heavy atom. The number of allylic oxidation sites excluding steroid dienone is 1. The number of hydrogen-bond acceptors (Lipinski definition) is 6. The van der Waals surface area contributed by atoms with E-state index in [-0.39, 0.29) is 17.9 Å². The van der Waals surface area contributed by atoms with E-state index < -0.39 is 22.4 Å². The summed E-state index contributed by atoms with van der Waals surface area (Å²) in [5.41, 5.74) is 0.275. The molecule has 0 spiro atoms. The standard InChI is InChI=1S/C18H15NO6/c1-2-25-18(22)13-5-3-4-12(10-13)6-9-17(21)15-11-14(20)7-8-16(15)19(23)24/h3-11,20H,2H2,1H3/b9-6+. The Kier molecular flexibility index (Phi) is 5.62. The van der Waals surface area contributed by atoms with Crippen molar-refractivity contribution in [2.45, 2.75) is 6.92 Å². The summed E-state index contributed by atoms with van der Waals surface area (Å²) in [5.74, 6) is -1.36. The van der Waals surface area contributed by atoms with Crippen molar-refractivity contribution in [2.24, 2.45) is 0 Å². The van der Waals surface area contributed by atoms with Crippen LogP contribution in [0.15, 0.2) is 48.5 Å². The normalized spacial score (nSPS) is 10.6. The molecular formula is C18H15NO6. The van der Waals surface area contributed by atoms with Gasteiger partial charge in [-0.1, -0.05) is 18.2 Å². The summed E-state index contributed by atoms with van der Waals surface area (Å²) in [5, 5.41) is 20.4. The van der Waals surface area contributed by atoms with Gasteiger partial charge in [0, 0.05) is 6.07 Å². The van der Waals surface area contributed by atoms with Crippen LogP contribution in [0.4, 0.5) is 5.69 Å². The number of nitro groups is 1. The van der Waals surface area contributed by atoms with Crippen molar-refractivity contribution >= 4 is 23.5 Å². The van der Waals surface area contributed by atoms with Crippen molar-refractivity contribution in [2.75, 3.05) is 6.61 Å². The van der Waals surface area contributed by atoms with Gasteiger partial charge in [0.15, 0.2) is 5.78 Å². The first-order valence-electron chi connectivity index (χ1n) is 7.39. The van der Waals surface area contributed by atoms with Gasteiger partial charge in [-0.2, -0.15) is 0 Å². The van der Waals surface area contributed by atoms with Gasteiger partial charge < -0.3 is 9.84 Å². The quantitative estimate of drug-likeness (QED) is 0.284. The number of phenolic OH excluding ortho intramolecular Hbond substituents is 1. The Morgan fingerprint density at radius 1 is 1.24 bits per heavy atom. The molecule has 25 heavy (non-hydrogen) atoms. The highest BCUT2D eigenvalue weighted by Gasteiger charge is 2.18. The molecule has 0 aliphatic heterocycles. The SMILES string of the molecule is CCOC(=O)c1cccc(/C=C/C(=O)c2cc(O)ccc2[N+](=O)[O-])c1. The highest BCUT2D eigenvalue weighted by atomic mass is 16.6. The summed E-state index contributed by atoms with van der Waals surface area (Å²) >= 11 is 0. The lowest BCUT2D eigenvalue weighted by molar-refractivity contribution is -0.385. The first-order chi connectivity index (χ1) is 11.9. The summed E-state index contributed by atoms with van der Waals surface area (Å²) in [6, 6.07) is 9.67. The number of ether oxygens (including phenoxy) is 1. The molecule has 0 saturated carbocycles. The Bertz CT molecular complexity index is 856. The minimum atomic E-state index is -0.693. The second-order valence-electron chi connectivity index (χ2n) is 5.00. The number of aromatic hydroxyl groups is 1. The van der Waals surface area contributed by atoms with Gasteiger partial charge in [-0.05, 0) is 42.8 Å². The third-order valence-electron chi connectivity index (χ3n) is 3.27. The summed E-state index contributed by atoms with van der Waals surface area (Å²) in [4.78, 5) is 34.2. The van der Waals surface area contributed by atoms with Crippen LogP contribution in [0.2, 0.25) is 0 Å². The van der Waals surface area contributed by atoms with Gasteiger partial charge in [0.2, 0.25) is 0 Å². The molecule has 0 saturated heterocycles. The molecule has 0 aliphatic rings. The molecule has 128 valence electrons. The molecule has 7 heteroatoms. The lowest BCUT2D eigenvalue weighted by Gasteiger charge is -2.02. The maximum absolute atomic E-state index is 12.2. The second kappa shape index (κ2) is 7.87. The molecule has 0 heterocycles. The van der Waals surface area contributed by atoms with Crippen LogP contribution in [0.1, 0.15) is 33.2 Å². The maximum atomic E-state index is 12.2. The zero-order valence-corrected chi connectivity index (χ0v) is 13.3. The number of esters is 1. The molecule has 0 atom stereocenters. The van der Waals surface area contributed by atoms with Crippen LogP contribution >= 0.6 is 0 Å². The first-order valence-corrected chi connectivity index (χ1v) is 7.39. The number of carbonyl (C=O) groups excluding carboxylic acids is 2. The Labute approximate surface area is 143 Å². The lowest BCUT2D eigenvalue weighted by atomic mass is 10.1. The predicted octanol–water partition coefficient (Wildman–Crippen LogP) is 3.37. The van der Waals surface area contributed by atoms with Crippen LogP contribution in [0, 0.1) is 10.1 Å². The predicted molar refractivity (Wildman–Crippen MR) is 90.5 cm³/mol. The smallest absolute Gasteiger partial charge is 0.338 e. The third kappa shape index (κ3) is 4.51. The van der Waals surface area contributed by atoms with Crippen molar-refractivity contribution in [3.05, 3.63) is 75.3 Å². The van der Waals surface area contributed by atoms with E-state index in [0.717, 1.165) is 24.3 Å². The zero-order chi connectivity index (χ0) is 18.4. The number of benzene rings is 2. The van der Waals surface area contributed by atoms with E-state index in [0.29, 0.717) is 11.1 Å². The highest BCUT2D eigenvalue weighted by molar-refractivity contribution is 6.09.